The van der Waals surface area contributed by atoms with Gasteiger partial charge in [-0.2, -0.15) is 4.68 Å². The second-order valence-corrected chi connectivity index (χ2v) is 11.7. The molecule has 0 bridgehead atoms. The molecule has 8 nitrogen and oxygen atoms in total. The summed E-state index contributed by atoms with van der Waals surface area (Å²) in [5.74, 6) is 0.581. The number of amides is 1. The van der Waals surface area contributed by atoms with Gasteiger partial charge >= 0.3 is 0 Å². The Kier molecular flexibility index (Phi) is 6.06. The largest absolute Gasteiger partial charge is 0.482 e. The number of carbonyl (C=O) groups excluding carboxylic acids is 2. The number of thiophene rings is 1. The first-order valence-electron chi connectivity index (χ1n) is 12.2. The maximum atomic E-state index is 13.6. The zero-order valence-electron chi connectivity index (χ0n) is 21.0. The van der Waals surface area contributed by atoms with Gasteiger partial charge in [-0.3, -0.25) is 14.4 Å². The summed E-state index contributed by atoms with van der Waals surface area (Å²) in [7, 11) is 0. The van der Waals surface area contributed by atoms with Gasteiger partial charge in [0.05, 0.1) is 11.1 Å². The fourth-order valence-corrected chi connectivity index (χ4v) is 6.37. The molecular formula is C27H30N4O4S. The third kappa shape index (κ3) is 4.05. The Morgan fingerprint density at radius 3 is 2.83 bits per heavy atom. The van der Waals surface area contributed by atoms with Gasteiger partial charge in [-0.1, -0.05) is 32.1 Å². The number of carbonyl (C=O) groups is 2. The average molecular weight is 507 g/mol. The Morgan fingerprint density at radius 2 is 2.11 bits per heavy atom. The summed E-state index contributed by atoms with van der Waals surface area (Å²) in [5.41, 5.74) is 1.86. The number of ether oxygens (including phenoxy) is 1. The molecule has 188 valence electrons. The molecule has 9 heteroatoms. The lowest BCUT2D eigenvalue weighted by Gasteiger charge is -2.33. The van der Waals surface area contributed by atoms with Crippen molar-refractivity contribution in [3.05, 3.63) is 57.2 Å². The van der Waals surface area contributed by atoms with E-state index in [-0.39, 0.29) is 29.3 Å². The van der Waals surface area contributed by atoms with E-state index in [9.17, 15) is 14.4 Å². The van der Waals surface area contributed by atoms with Crippen molar-refractivity contribution in [2.45, 2.75) is 53.0 Å². The van der Waals surface area contributed by atoms with Crippen molar-refractivity contribution < 1.29 is 14.3 Å². The van der Waals surface area contributed by atoms with Crippen LogP contribution in [0.2, 0.25) is 0 Å². The molecule has 36 heavy (non-hydrogen) atoms. The highest BCUT2D eigenvalue weighted by Crippen LogP contribution is 2.42. The molecule has 3 heterocycles. The number of aromatic nitrogens is 3. The summed E-state index contributed by atoms with van der Waals surface area (Å²) in [6, 6.07) is 4.10. The van der Waals surface area contributed by atoms with Gasteiger partial charge in [0.15, 0.2) is 17.2 Å². The van der Waals surface area contributed by atoms with Gasteiger partial charge in [-0.25, -0.2) is 0 Å². The maximum absolute atomic E-state index is 13.6. The van der Waals surface area contributed by atoms with E-state index in [2.05, 4.69) is 37.7 Å². The number of nitrogens with zero attached hydrogens (tertiary/aromatic N) is 4. The van der Waals surface area contributed by atoms with Crippen molar-refractivity contribution in [3.8, 4) is 5.75 Å². The van der Waals surface area contributed by atoms with E-state index >= 15 is 0 Å². The quantitative estimate of drug-likeness (QED) is 0.377. The van der Waals surface area contributed by atoms with Crippen LogP contribution in [0.25, 0.3) is 10.2 Å². The van der Waals surface area contributed by atoms with E-state index in [1.54, 1.807) is 42.5 Å². The number of hydrogen-bond donors (Lipinski definition) is 0. The number of rotatable bonds is 5. The molecule has 1 amide bonds. The third-order valence-corrected chi connectivity index (χ3v) is 8.51. The Balaban J connectivity index is 1.49. The van der Waals surface area contributed by atoms with Crippen molar-refractivity contribution in [3.63, 3.8) is 0 Å². The Morgan fingerprint density at radius 1 is 1.33 bits per heavy atom. The number of Topliss-reactive ketones (excluding diaryl/α,β-unsaturated/α-hetero) is 1. The number of hydrogen-bond acceptors (Lipinski definition) is 7. The van der Waals surface area contributed by atoms with Crippen molar-refractivity contribution in [1.29, 1.82) is 0 Å². The molecule has 1 aliphatic carbocycles. The maximum Gasteiger partial charge on any atom is 0.279 e. The van der Waals surface area contributed by atoms with Crippen LogP contribution in [0.3, 0.4) is 0 Å². The predicted octanol–water partition coefficient (Wildman–Crippen LogP) is 4.36. The van der Waals surface area contributed by atoms with Crippen LogP contribution in [-0.4, -0.2) is 39.8 Å². The minimum atomic E-state index is -0.859. The Labute approximate surface area is 213 Å². The van der Waals surface area contributed by atoms with E-state index in [0.29, 0.717) is 39.7 Å². The van der Waals surface area contributed by atoms with Crippen LogP contribution >= 0.6 is 11.3 Å². The highest BCUT2D eigenvalue weighted by molar-refractivity contribution is 7.18. The number of anilines is 1. The molecule has 0 fully saturated rings. The highest BCUT2D eigenvalue weighted by atomic mass is 32.1. The van der Waals surface area contributed by atoms with E-state index in [1.165, 1.54) is 14.5 Å². The number of ketones is 1. The number of aryl methyl sites for hydroxylation is 1. The Bertz CT molecular complexity index is 1450. The van der Waals surface area contributed by atoms with Gasteiger partial charge in [0.25, 0.3) is 11.5 Å². The summed E-state index contributed by atoms with van der Waals surface area (Å²) < 4.78 is 6.71. The fraction of sp³-hybridized carbons (Fsp3) is 0.444. The van der Waals surface area contributed by atoms with E-state index in [4.69, 9.17) is 4.74 Å². The van der Waals surface area contributed by atoms with Crippen molar-refractivity contribution >= 4 is 38.9 Å². The first-order chi connectivity index (χ1) is 17.1. The van der Waals surface area contributed by atoms with Crippen LogP contribution in [-0.2, 0) is 17.6 Å². The fourth-order valence-electron chi connectivity index (χ4n) is 5.14. The molecule has 2 aromatic heterocycles. The molecular weight excluding hydrogens is 476 g/mol. The van der Waals surface area contributed by atoms with Gasteiger partial charge in [-0.15, -0.1) is 23.0 Å². The van der Waals surface area contributed by atoms with E-state index < -0.39 is 6.04 Å². The van der Waals surface area contributed by atoms with Gasteiger partial charge < -0.3 is 9.64 Å². The van der Waals surface area contributed by atoms with Crippen LogP contribution < -0.4 is 15.2 Å². The predicted molar refractivity (Wildman–Crippen MR) is 140 cm³/mol. The minimum Gasteiger partial charge on any atom is -0.482 e. The molecule has 2 aliphatic rings. The van der Waals surface area contributed by atoms with Crippen LogP contribution in [0.15, 0.2) is 35.6 Å². The third-order valence-electron chi connectivity index (χ3n) is 7.37. The molecule has 1 aliphatic heterocycles. The normalized spacial score (nSPS) is 18.4. The summed E-state index contributed by atoms with van der Waals surface area (Å²) in [5, 5.41) is 9.09. The molecule has 5 rings (SSSR count). The highest BCUT2D eigenvalue weighted by Gasteiger charge is 2.33. The first kappa shape index (κ1) is 24.4. The van der Waals surface area contributed by atoms with Crippen molar-refractivity contribution in [2.24, 2.45) is 11.3 Å². The number of benzene rings is 1. The number of fused-ring (bicyclic) bond motifs is 4. The summed E-state index contributed by atoms with van der Waals surface area (Å²) in [6.07, 6.45) is 4.42. The molecule has 0 saturated carbocycles. The zero-order chi connectivity index (χ0) is 25.8. The molecule has 2 unspecified atom stereocenters. The zero-order valence-corrected chi connectivity index (χ0v) is 21.9. The lowest BCUT2D eigenvalue weighted by molar-refractivity contribution is -0.121. The molecule has 2 atom stereocenters. The first-order valence-corrected chi connectivity index (χ1v) is 13.0. The minimum absolute atomic E-state index is 0.0585. The van der Waals surface area contributed by atoms with Crippen LogP contribution in [0.5, 0.6) is 5.75 Å². The van der Waals surface area contributed by atoms with Gasteiger partial charge in [-0.05, 0) is 61.3 Å². The second kappa shape index (κ2) is 8.96. The molecule has 3 aromatic rings. The summed E-state index contributed by atoms with van der Waals surface area (Å²) in [4.78, 5) is 42.7. The SMILES string of the molecule is C=CCN1C(=O)COc2ccc(C(=O)C(C)n3nnc4sc5c(c4c3=O)CCC(C(C)(C)C)C5)cc21. The monoisotopic (exact) mass is 506 g/mol. The molecule has 1 aromatic carbocycles. The van der Waals surface area contributed by atoms with Gasteiger partial charge in [0.1, 0.15) is 11.8 Å². The smallest absolute Gasteiger partial charge is 0.279 e. The topological polar surface area (TPSA) is 94.4 Å². The van der Waals surface area contributed by atoms with Crippen molar-refractivity contribution in [1.82, 2.24) is 15.0 Å². The van der Waals surface area contributed by atoms with E-state index in [0.717, 1.165) is 24.8 Å². The molecule has 0 saturated heterocycles. The van der Waals surface area contributed by atoms with E-state index in [1.807, 2.05) is 0 Å². The standard InChI is InChI=1S/C27H30N4O4S/c1-6-11-30-19-12-16(7-10-20(19)35-14-22(30)32)24(33)15(2)31-26(34)23-18-9-8-17(27(3,4)5)13-21(18)36-25(23)28-29-31/h6-7,10,12,15,17H,1,8-9,11,13-14H2,2-5H3. The van der Waals surface area contributed by atoms with Gasteiger partial charge in [0.2, 0.25) is 0 Å². The van der Waals surface area contributed by atoms with Crippen LogP contribution in [0.4, 0.5) is 5.69 Å². The molecule has 0 N–H and O–H groups in total. The van der Waals surface area contributed by atoms with Crippen molar-refractivity contribution in [2.75, 3.05) is 18.1 Å². The van der Waals surface area contributed by atoms with Gasteiger partial charge in [0, 0.05) is 17.0 Å². The Hall–Kier alpha value is -3.33. The molecule has 0 spiro atoms. The van der Waals surface area contributed by atoms with Crippen LogP contribution in [0.1, 0.15) is 61.0 Å². The molecule has 0 radical (unpaired) electrons. The summed E-state index contributed by atoms with van der Waals surface area (Å²) >= 11 is 1.55. The lowest BCUT2D eigenvalue weighted by Crippen LogP contribution is -2.39. The second-order valence-electron chi connectivity index (χ2n) is 10.6. The summed E-state index contributed by atoms with van der Waals surface area (Å²) in [6.45, 7) is 12.4. The van der Waals surface area contributed by atoms with Crippen LogP contribution in [0, 0.1) is 11.3 Å². The lowest BCUT2D eigenvalue weighted by atomic mass is 9.72. The average Bonchev–Trinajstić information content (AvgIpc) is 3.23.